The van der Waals surface area contributed by atoms with Crippen molar-refractivity contribution in [3.63, 3.8) is 0 Å². The van der Waals surface area contributed by atoms with E-state index >= 15 is 0 Å². The minimum Gasteiger partial charge on any atom is -0.370 e. The summed E-state index contributed by atoms with van der Waals surface area (Å²) in [5.41, 5.74) is 15.8. The molecule has 0 amide bonds. The van der Waals surface area contributed by atoms with E-state index in [1.54, 1.807) is 0 Å². The summed E-state index contributed by atoms with van der Waals surface area (Å²) in [6, 6.07) is 11.1. The highest BCUT2D eigenvalue weighted by molar-refractivity contribution is 5.53. The van der Waals surface area contributed by atoms with Gasteiger partial charge in [0.15, 0.2) is 0 Å². The first kappa shape index (κ1) is 18.2. The van der Waals surface area contributed by atoms with Gasteiger partial charge in [-0.1, -0.05) is 30.3 Å². The Morgan fingerprint density at radius 1 is 1.00 bits per heavy atom. The van der Waals surface area contributed by atoms with Crippen molar-refractivity contribution in [2.24, 2.45) is 11.7 Å². The summed E-state index contributed by atoms with van der Waals surface area (Å²) in [6.07, 6.45) is 9.32. The molecule has 1 atom stereocenters. The molecule has 2 aromatic rings. The average molecular weight is 366 g/mol. The number of nitrogen functional groups attached to an aromatic ring is 1. The third kappa shape index (κ3) is 4.24. The quantitative estimate of drug-likeness (QED) is 0.749. The van der Waals surface area contributed by atoms with Gasteiger partial charge in [-0.3, -0.25) is 0 Å². The first-order valence-corrected chi connectivity index (χ1v) is 10.4. The van der Waals surface area contributed by atoms with E-state index in [0.717, 1.165) is 43.2 Å². The molecule has 144 valence electrons. The number of nitrogens with one attached hydrogen (secondary N) is 1. The highest BCUT2D eigenvalue weighted by atomic mass is 15.1. The number of fused-ring (bicyclic) bond motifs is 1. The van der Waals surface area contributed by atoms with Crippen LogP contribution in [0.2, 0.25) is 0 Å². The predicted octanol–water partition coefficient (Wildman–Crippen LogP) is 3.85. The second-order valence-electron chi connectivity index (χ2n) is 8.15. The maximum Gasteiger partial charge on any atom is 0.222 e. The molecule has 5 nitrogen and oxygen atoms in total. The summed E-state index contributed by atoms with van der Waals surface area (Å²) in [4.78, 5) is 9.20. The number of nitrogens with zero attached hydrogens (tertiary/aromatic N) is 2. The summed E-state index contributed by atoms with van der Waals surface area (Å²) < 4.78 is 0. The van der Waals surface area contributed by atoms with Crippen LogP contribution in [0.15, 0.2) is 30.3 Å². The maximum atomic E-state index is 6.08. The van der Waals surface area contributed by atoms with Gasteiger partial charge < -0.3 is 16.8 Å². The molecule has 1 aromatic heterocycles. The molecule has 5 N–H and O–H groups in total. The Morgan fingerprint density at radius 2 is 1.78 bits per heavy atom. The van der Waals surface area contributed by atoms with Crippen molar-refractivity contribution < 1.29 is 0 Å². The van der Waals surface area contributed by atoms with Crippen LogP contribution in [0.5, 0.6) is 0 Å². The molecule has 0 saturated heterocycles. The first-order valence-electron chi connectivity index (χ1n) is 10.4. The van der Waals surface area contributed by atoms with E-state index in [2.05, 4.69) is 45.6 Å². The molecule has 27 heavy (non-hydrogen) atoms. The fourth-order valence-corrected chi connectivity index (χ4v) is 4.70. The van der Waals surface area contributed by atoms with Gasteiger partial charge in [0, 0.05) is 24.1 Å². The Balaban J connectivity index is 1.48. The zero-order valence-electron chi connectivity index (χ0n) is 16.0. The summed E-state index contributed by atoms with van der Waals surface area (Å²) in [5, 5.41) is 3.58. The van der Waals surface area contributed by atoms with Gasteiger partial charge in [0.2, 0.25) is 5.95 Å². The van der Waals surface area contributed by atoms with Gasteiger partial charge in [0.05, 0.1) is 5.69 Å². The van der Waals surface area contributed by atoms with Crippen molar-refractivity contribution >= 4 is 11.8 Å². The van der Waals surface area contributed by atoms with Crippen LogP contribution in [0.25, 0.3) is 0 Å². The summed E-state index contributed by atoms with van der Waals surface area (Å²) in [7, 11) is 0. The van der Waals surface area contributed by atoms with Crippen molar-refractivity contribution in [3.05, 3.63) is 47.2 Å². The smallest absolute Gasteiger partial charge is 0.222 e. The molecule has 1 fully saturated rings. The number of anilines is 2. The highest BCUT2D eigenvalue weighted by Crippen LogP contribution is 2.38. The van der Waals surface area contributed by atoms with E-state index in [9.17, 15) is 0 Å². The molecule has 1 saturated carbocycles. The van der Waals surface area contributed by atoms with E-state index in [0.29, 0.717) is 17.9 Å². The Kier molecular flexibility index (Phi) is 5.58. The molecule has 4 rings (SSSR count). The van der Waals surface area contributed by atoms with Gasteiger partial charge in [-0.2, -0.15) is 4.98 Å². The second-order valence-corrected chi connectivity index (χ2v) is 8.15. The van der Waals surface area contributed by atoms with E-state index in [1.807, 2.05) is 0 Å². The first-order chi connectivity index (χ1) is 13.2. The molecule has 2 aliphatic carbocycles. The van der Waals surface area contributed by atoms with Gasteiger partial charge in [-0.15, -0.1) is 0 Å². The van der Waals surface area contributed by atoms with Gasteiger partial charge in [-0.25, -0.2) is 4.98 Å². The fraction of sp³-hybridized carbons (Fsp3) is 0.545. The molecular formula is C22H31N5. The van der Waals surface area contributed by atoms with Gasteiger partial charge >= 0.3 is 0 Å². The molecule has 0 radical (unpaired) electrons. The number of benzene rings is 1. The van der Waals surface area contributed by atoms with Crippen LogP contribution in [-0.4, -0.2) is 22.6 Å². The van der Waals surface area contributed by atoms with Crippen molar-refractivity contribution in [2.75, 3.05) is 17.6 Å². The number of hydrogen-bond acceptors (Lipinski definition) is 5. The van der Waals surface area contributed by atoms with E-state index in [-0.39, 0.29) is 0 Å². The minimum absolute atomic E-state index is 0.320. The van der Waals surface area contributed by atoms with Gasteiger partial charge in [0.1, 0.15) is 5.82 Å². The average Bonchev–Trinajstić information content (AvgIpc) is 2.69. The Hall–Kier alpha value is -2.14. The highest BCUT2D eigenvalue weighted by Gasteiger charge is 2.27. The molecule has 1 aromatic carbocycles. The van der Waals surface area contributed by atoms with Gasteiger partial charge in [-0.05, 0) is 62.8 Å². The lowest BCUT2D eigenvalue weighted by molar-refractivity contribution is 0.316. The number of aromatic nitrogens is 2. The largest absolute Gasteiger partial charge is 0.370 e. The number of hydrogen-bond donors (Lipinski definition) is 3. The van der Waals surface area contributed by atoms with Crippen LogP contribution in [0.3, 0.4) is 0 Å². The lowest BCUT2D eigenvalue weighted by Crippen LogP contribution is -2.27. The van der Waals surface area contributed by atoms with Crippen LogP contribution >= 0.6 is 0 Å². The Morgan fingerprint density at radius 3 is 2.56 bits per heavy atom. The third-order valence-electron chi connectivity index (χ3n) is 6.24. The number of rotatable bonds is 5. The Labute approximate surface area is 162 Å². The zero-order chi connectivity index (χ0) is 18.6. The summed E-state index contributed by atoms with van der Waals surface area (Å²) in [6.45, 7) is 0.943. The topological polar surface area (TPSA) is 89.8 Å². The maximum absolute atomic E-state index is 6.08. The predicted molar refractivity (Wildman–Crippen MR) is 111 cm³/mol. The molecule has 0 bridgehead atoms. The van der Waals surface area contributed by atoms with Crippen LogP contribution in [0.4, 0.5) is 11.8 Å². The normalized spacial score (nSPS) is 25.0. The summed E-state index contributed by atoms with van der Waals surface area (Å²) >= 11 is 0. The van der Waals surface area contributed by atoms with Crippen molar-refractivity contribution in [3.8, 4) is 0 Å². The van der Waals surface area contributed by atoms with Crippen molar-refractivity contribution in [2.45, 2.75) is 63.3 Å². The molecule has 1 heterocycles. The lowest BCUT2D eigenvalue weighted by atomic mass is 9.82. The molecule has 1 unspecified atom stereocenters. The zero-order valence-corrected chi connectivity index (χ0v) is 16.0. The SMILES string of the molecule is Nc1nc(NCCC2CCC(N)CC2)c2c(n1)C(c1ccccc1)CCC2. The standard InChI is InChI=1S/C22H31N5/c23-17-11-9-15(10-12-17)13-14-25-21-19-8-4-7-18(16-5-2-1-3-6-16)20(19)26-22(24)27-21/h1-3,5-6,15,17-18H,4,7-14,23H2,(H3,24,25,26,27). The van der Waals surface area contributed by atoms with Crippen LogP contribution in [0.1, 0.15) is 67.7 Å². The molecule has 5 heteroatoms. The van der Waals surface area contributed by atoms with Crippen molar-refractivity contribution in [1.82, 2.24) is 9.97 Å². The minimum atomic E-state index is 0.320. The Bertz CT molecular complexity index is 753. The molecule has 2 aliphatic rings. The molecular weight excluding hydrogens is 334 g/mol. The lowest BCUT2D eigenvalue weighted by Gasteiger charge is -2.28. The number of nitrogens with two attached hydrogens (primary N) is 2. The van der Waals surface area contributed by atoms with E-state index in [4.69, 9.17) is 11.5 Å². The monoisotopic (exact) mass is 365 g/mol. The van der Waals surface area contributed by atoms with Crippen molar-refractivity contribution in [1.29, 1.82) is 0 Å². The van der Waals surface area contributed by atoms with E-state index in [1.165, 1.54) is 43.2 Å². The van der Waals surface area contributed by atoms with Crippen LogP contribution < -0.4 is 16.8 Å². The second kappa shape index (κ2) is 8.26. The molecule has 0 spiro atoms. The molecule has 0 aliphatic heterocycles. The van der Waals surface area contributed by atoms with E-state index < -0.39 is 0 Å². The summed E-state index contributed by atoms with van der Waals surface area (Å²) in [5.74, 6) is 2.43. The third-order valence-corrected chi connectivity index (χ3v) is 6.24. The fourth-order valence-electron chi connectivity index (χ4n) is 4.70. The van der Waals surface area contributed by atoms with Crippen LogP contribution in [0, 0.1) is 5.92 Å². The van der Waals surface area contributed by atoms with Gasteiger partial charge in [0.25, 0.3) is 0 Å². The van der Waals surface area contributed by atoms with Crippen LogP contribution in [-0.2, 0) is 6.42 Å².